The Morgan fingerprint density at radius 1 is 1.22 bits per heavy atom. The number of hydrogen-bond donors (Lipinski definition) is 1. The number of aryl methyl sites for hydroxylation is 2. The van der Waals surface area contributed by atoms with E-state index in [9.17, 15) is 0 Å². The zero-order valence-electron chi connectivity index (χ0n) is 11.0. The number of likely N-dealkylation sites (N-methyl/N-ethyl adjacent to an activating group) is 1. The van der Waals surface area contributed by atoms with Gasteiger partial charge in [0.2, 0.25) is 0 Å². The normalized spacial score (nSPS) is 10.2. The van der Waals surface area contributed by atoms with Crippen LogP contribution in [0, 0.1) is 13.8 Å². The Bertz CT molecular complexity index is 508. The summed E-state index contributed by atoms with van der Waals surface area (Å²) in [5.41, 5.74) is 4.98. The molecule has 2 aromatic rings. The second-order valence-electron chi connectivity index (χ2n) is 4.28. The van der Waals surface area contributed by atoms with E-state index in [-0.39, 0.29) is 12.4 Å². The molecule has 98 valence electrons. The molecule has 0 saturated carbocycles. The predicted molar refractivity (Wildman–Crippen MR) is 81.9 cm³/mol. The Labute approximate surface area is 119 Å². The van der Waals surface area contributed by atoms with Gasteiger partial charge in [0.1, 0.15) is 0 Å². The molecular formula is C14H19ClN2S. The van der Waals surface area contributed by atoms with E-state index in [0.29, 0.717) is 0 Å². The summed E-state index contributed by atoms with van der Waals surface area (Å²) >= 11 is 1.74. The third kappa shape index (κ3) is 3.55. The molecule has 1 aromatic carbocycles. The molecule has 4 heteroatoms. The molecule has 1 heterocycles. The van der Waals surface area contributed by atoms with Crippen molar-refractivity contribution in [1.29, 1.82) is 0 Å². The zero-order chi connectivity index (χ0) is 12.3. The van der Waals surface area contributed by atoms with Gasteiger partial charge in [-0.1, -0.05) is 12.1 Å². The van der Waals surface area contributed by atoms with Gasteiger partial charge in [0.25, 0.3) is 0 Å². The van der Waals surface area contributed by atoms with Crippen molar-refractivity contribution in [1.82, 2.24) is 10.3 Å². The summed E-state index contributed by atoms with van der Waals surface area (Å²) in [4.78, 5) is 4.67. The lowest BCUT2D eigenvalue weighted by atomic mass is 10.1. The fraction of sp³-hybridized carbons (Fsp3) is 0.357. The van der Waals surface area contributed by atoms with Gasteiger partial charge >= 0.3 is 0 Å². The molecule has 0 bridgehead atoms. The molecule has 2 rings (SSSR count). The fourth-order valence-corrected chi connectivity index (χ4v) is 2.50. The quantitative estimate of drug-likeness (QED) is 0.927. The molecule has 0 aliphatic carbocycles. The van der Waals surface area contributed by atoms with Crippen LogP contribution in [-0.2, 0) is 6.42 Å². The van der Waals surface area contributed by atoms with Crippen LogP contribution in [0.4, 0.5) is 0 Å². The third-order valence-electron chi connectivity index (χ3n) is 2.94. The van der Waals surface area contributed by atoms with E-state index in [4.69, 9.17) is 0 Å². The molecular weight excluding hydrogens is 264 g/mol. The molecule has 1 aromatic heterocycles. The Kier molecular flexibility index (Phi) is 5.79. The monoisotopic (exact) mass is 282 g/mol. The van der Waals surface area contributed by atoms with E-state index in [0.717, 1.165) is 18.7 Å². The van der Waals surface area contributed by atoms with Gasteiger partial charge < -0.3 is 5.32 Å². The highest BCUT2D eigenvalue weighted by Gasteiger charge is 2.05. The van der Waals surface area contributed by atoms with Crippen molar-refractivity contribution in [3.63, 3.8) is 0 Å². The van der Waals surface area contributed by atoms with Gasteiger partial charge in [-0.15, -0.1) is 23.7 Å². The van der Waals surface area contributed by atoms with Gasteiger partial charge in [0.05, 0.1) is 10.7 Å². The number of rotatable bonds is 4. The molecule has 1 N–H and O–H groups in total. The van der Waals surface area contributed by atoms with Gasteiger partial charge in [-0.2, -0.15) is 0 Å². The molecule has 0 fully saturated rings. The summed E-state index contributed by atoms with van der Waals surface area (Å²) in [6, 6.07) is 6.53. The third-order valence-corrected chi connectivity index (χ3v) is 3.85. The number of nitrogens with one attached hydrogen (secondary N) is 1. The van der Waals surface area contributed by atoms with Crippen LogP contribution in [-0.4, -0.2) is 18.6 Å². The Balaban J connectivity index is 0.00000162. The molecule has 18 heavy (non-hydrogen) atoms. The second kappa shape index (κ2) is 6.88. The van der Waals surface area contributed by atoms with Crippen LogP contribution in [0.25, 0.3) is 11.3 Å². The number of nitrogens with zero attached hydrogens (tertiary/aromatic N) is 1. The van der Waals surface area contributed by atoms with Gasteiger partial charge in [-0.3, -0.25) is 0 Å². The van der Waals surface area contributed by atoms with E-state index < -0.39 is 0 Å². The van der Waals surface area contributed by atoms with Crippen molar-refractivity contribution in [2.45, 2.75) is 20.3 Å². The zero-order valence-corrected chi connectivity index (χ0v) is 12.6. The van der Waals surface area contributed by atoms with Crippen LogP contribution in [0.2, 0.25) is 0 Å². The minimum atomic E-state index is 0. The number of thiazole rings is 1. The molecule has 2 nitrogen and oxygen atoms in total. The van der Waals surface area contributed by atoms with Gasteiger partial charge in [-0.05, 0) is 38.1 Å². The number of aromatic nitrogens is 1. The van der Waals surface area contributed by atoms with Crippen LogP contribution in [0.3, 0.4) is 0 Å². The summed E-state index contributed by atoms with van der Waals surface area (Å²) in [5, 5.41) is 6.50. The lowest BCUT2D eigenvalue weighted by Gasteiger charge is -2.02. The summed E-state index contributed by atoms with van der Waals surface area (Å²) in [6.07, 6.45) is 1.01. The maximum Gasteiger partial charge on any atom is 0.0945 e. The summed E-state index contributed by atoms with van der Waals surface area (Å²) in [7, 11) is 1.97. The largest absolute Gasteiger partial charge is 0.319 e. The molecule has 0 saturated heterocycles. The van der Waals surface area contributed by atoms with Crippen LogP contribution in [0.5, 0.6) is 0 Å². The van der Waals surface area contributed by atoms with E-state index >= 15 is 0 Å². The average molecular weight is 283 g/mol. The molecule has 0 spiro atoms. The van der Waals surface area contributed by atoms with Crippen molar-refractivity contribution >= 4 is 23.7 Å². The Hall–Kier alpha value is -0.900. The lowest BCUT2D eigenvalue weighted by Crippen LogP contribution is -2.09. The van der Waals surface area contributed by atoms with E-state index in [2.05, 4.69) is 47.7 Å². The number of benzene rings is 1. The molecule has 0 radical (unpaired) electrons. The van der Waals surface area contributed by atoms with Crippen LogP contribution in [0.1, 0.15) is 16.1 Å². The van der Waals surface area contributed by atoms with Gasteiger partial charge in [0, 0.05) is 23.9 Å². The highest BCUT2D eigenvalue weighted by Crippen LogP contribution is 2.24. The van der Waals surface area contributed by atoms with E-state index in [1.54, 1.807) is 11.3 Å². The van der Waals surface area contributed by atoms with Crippen molar-refractivity contribution in [2.75, 3.05) is 13.6 Å². The first kappa shape index (κ1) is 15.2. The smallest absolute Gasteiger partial charge is 0.0945 e. The van der Waals surface area contributed by atoms with Crippen LogP contribution >= 0.6 is 23.7 Å². The minimum absolute atomic E-state index is 0. The molecule has 0 amide bonds. The standard InChI is InChI=1S/C14H18N2S.ClH/c1-10-4-5-12(8-11(10)2)13-9-17-14(16-13)6-7-15-3;/h4-5,8-9,15H,6-7H2,1-3H3;1H. The van der Waals surface area contributed by atoms with Gasteiger partial charge in [-0.25, -0.2) is 4.98 Å². The Morgan fingerprint density at radius 3 is 2.67 bits per heavy atom. The maximum atomic E-state index is 4.67. The summed E-state index contributed by atoms with van der Waals surface area (Å²) in [5.74, 6) is 0. The molecule has 0 aliphatic heterocycles. The second-order valence-corrected chi connectivity index (χ2v) is 5.22. The summed E-state index contributed by atoms with van der Waals surface area (Å²) < 4.78 is 0. The first-order valence-electron chi connectivity index (χ1n) is 5.87. The average Bonchev–Trinajstić information content (AvgIpc) is 2.79. The predicted octanol–water partition coefficient (Wildman–Crippen LogP) is 3.61. The van der Waals surface area contributed by atoms with Crippen LogP contribution in [0.15, 0.2) is 23.6 Å². The van der Waals surface area contributed by atoms with Gasteiger partial charge in [0.15, 0.2) is 0 Å². The summed E-state index contributed by atoms with van der Waals surface area (Å²) in [6.45, 7) is 5.27. The molecule has 0 unspecified atom stereocenters. The van der Waals surface area contributed by atoms with Crippen molar-refractivity contribution in [2.24, 2.45) is 0 Å². The highest BCUT2D eigenvalue weighted by atomic mass is 35.5. The SMILES string of the molecule is CNCCc1nc(-c2ccc(C)c(C)c2)cs1.Cl. The first-order valence-corrected chi connectivity index (χ1v) is 6.75. The fourth-order valence-electron chi connectivity index (χ4n) is 1.69. The van der Waals surface area contributed by atoms with E-state index in [1.165, 1.54) is 21.7 Å². The number of halogens is 1. The van der Waals surface area contributed by atoms with Crippen molar-refractivity contribution in [3.8, 4) is 11.3 Å². The minimum Gasteiger partial charge on any atom is -0.319 e. The topological polar surface area (TPSA) is 24.9 Å². The number of hydrogen-bond acceptors (Lipinski definition) is 3. The Morgan fingerprint density at radius 2 is 2.00 bits per heavy atom. The van der Waals surface area contributed by atoms with Crippen molar-refractivity contribution < 1.29 is 0 Å². The highest BCUT2D eigenvalue weighted by molar-refractivity contribution is 7.09. The van der Waals surface area contributed by atoms with Crippen molar-refractivity contribution in [3.05, 3.63) is 39.7 Å². The maximum absolute atomic E-state index is 4.67. The van der Waals surface area contributed by atoms with E-state index in [1.807, 2.05) is 7.05 Å². The molecule has 0 aliphatic rings. The van der Waals surface area contributed by atoms with Crippen LogP contribution < -0.4 is 5.32 Å². The first-order chi connectivity index (χ1) is 8.20. The molecule has 0 atom stereocenters. The lowest BCUT2D eigenvalue weighted by molar-refractivity contribution is 0.788.